The standard InChI is InChI=1S/C21H17FN4O2S3/c1-12(27)23-9-16-5-6-18(31-16)17-11-30-21(25-17)26-19(28)8-15-10-29-20(24-15)13-3-2-4-14(22)7-13/h2-7,10-11H,8-9H2,1H3,(H,23,27)(H,25,26,28). The van der Waals surface area contributed by atoms with Crippen LogP contribution in [0.2, 0.25) is 0 Å². The molecule has 0 spiro atoms. The third-order valence-electron chi connectivity index (χ3n) is 4.14. The van der Waals surface area contributed by atoms with E-state index in [0.717, 1.165) is 15.4 Å². The Morgan fingerprint density at radius 1 is 1.10 bits per heavy atom. The Labute approximate surface area is 189 Å². The summed E-state index contributed by atoms with van der Waals surface area (Å²) in [5.74, 6) is -0.606. The fourth-order valence-electron chi connectivity index (χ4n) is 2.74. The van der Waals surface area contributed by atoms with Gasteiger partial charge in [0.25, 0.3) is 0 Å². The Bertz CT molecular complexity index is 1230. The van der Waals surface area contributed by atoms with Gasteiger partial charge in [-0.1, -0.05) is 12.1 Å². The Hall–Kier alpha value is -2.95. The Morgan fingerprint density at radius 3 is 2.77 bits per heavy atom. The zero-order chi connectivity index (χ0) is 21.8. The lowest BCUT2D eigenvalue weighted by atomic mass is 10.2. The van der Waals surface area contributed by atoms with E-state index in [0.29, 0.717) is 27.9 Å². The molecule has 158 valence electrons. The third-order valence-corrected chi connectivity index (χ3v) is 6.95. The SMILES string of the molecule is CC(=O)NCc1ccc(-c2csc(NC(=O)Cc3csc(-c4cccc(F)c4)n3)n2)s1. The summed E-state index contributed by atoms with van der Waals surface area (Å²) in [6, 6.07) is 10.1. The van der Waals surface area contributed by atoms with Crippen molar-refractivity contribution < 1.29 is 14.0 Å². The van der Waals surface area contributed by atoms with Gasteiger partial charge in [-0.3, -0.25) is 9.59 Å². The predicted molar refractivity (Wildman–Crippen MR) is 123 cm³/mol. The zero-order valence-electron chi connectivity index (χ0n) is 16.3. The summed E-state index contributed by atoms with van der Waals surface area (Å²) in [4.78, 5) is 34.4. The molecule has 1 aromatic carbocycles. The number of halogens is 1. The summed E-state index contributed by atoms with van der Waals surface area (Å²) in [5, 5.41) is 10.4. The van der Waals surface area contributed by atoms with Crippen molar-refractivity contribution in [3.8, 4) is 21.1 Å². The molecule has 3 heterocycles. The van der Waals surface area contributed by atoms with Gasteiger partial charge < -0.3 is 10.6 Å². The monoisotopic (exact) mass is 472 g/mol. The van der Waals surface area contributed by atoms with E-state index in [1.54, 1.807) is 28.8 Å². The molecule has 0 saturated heterocycles. The minimum Gasteiger partial charge on any atom is -0.351 e. The predicted octanol–water partition coefficient (Wildman–Crippen LogP) is 4.95. The number of thiazole rings is 2. The Morgan fingerprint density at radius 2 is 1.97 bits per heavy atom. The van der Waals surface area contributed by atoms with Gasteiger partial charge in [-0.05, 0) is 24.3 Å². The maximum atomic E-state index is 13.4. The second-order valence-electron chi connectivity index (χ2n) is 6.59. The highest BCUT2D eigenvalue weighted by atomic mass is 32.1. The molecule has 0 aliphatic carbocycles. The number of thiophene rings is 1. The molecule has 2 N–H and O–H groups in total. The molecule has 2 amide bonds. The van der Waals surface area contributed by atoms with Gasteiger partial charge in [-0.2, -0.15) is 0 Å². The summed E-state index contributed by atoms with van der Waals surface area (Å²) in [7, 11) is 0. The minimum atomic E-state index is -0.320. The third kappa shape index (κ3) is 5.60. The van der Waals surface area contributed by atoms with Gasteiger partial charge in [0.15, 0.2) is 5.13 Å². The van der Waals surface area contributed by atoms with Crippen LogP contribution < -0.4 is 10.6 Å². The normalized spacial score (nSPS) is 10.8. The van der Waals surface area contributed by atoms with Crippen molar-refractivity contribution in [2.24, 2.45) is 0 Å². The van der Waals surface area contributed by atoms with Crippen LogP contribution in [-0.4, -0.2) is 21.8 Å². The first-order chi connectivity index (χ1) is 15.0. The van der Waals surface area contributed by atoms with Crippen molar-refractivity contribution in [2.45, 2.75) is 19.9 Å². The van der Waals surface area contributed by atoms with Crippen molar-refractivity contribution in [1.82, 2.24) is 15.3 Å². The number of carbonyl (C=O) groups excluding carboxylic acids is 2. The van der Waals surface area contributed by atoms with Gasteiger partial charge in [-0.15, -0.1) is 34.0 Å². The largest absolute Gasteiger partial charge is 0.351 e. The highest BCUT2D eigenvalue weighted by Crippen LogP contribution is 2.31. The molecule has 0 bridgehead atoms. The van der Waals surface area contributed by atoms with Crippen LogP contribution in [0.25, 0.3) is 21.1 Å². The maximum Gasteiger partial charge on any atom is 0.232 e. The smallest absolute Gasteiger partial charge is 0.232 e. The second-order valence-corrected chi connectivity index (χ2v) is 9.48. The molecule has 31 heavy (non-hydrogen) atoms. The Kier molecular flexibility index (Phi) is 6.50. The summed E-state index contributed by atoms with van der Waals surface area (Å²) in [5.41, 5.74) is 2.09. The first-order valence-electron chi connectivity index (χ1n) is 9.25. The molecule has 3 aromatic heterocycles. The second kappa shape index (κ2) is 9.46. The van der Waals surface area contributed by atoms with E-state index in [9.17, 15) is 14.0 Å². The van der Waals surface area contributed by atoms with Crippen molar-refractivity contribution in [1.29, 1.82) is 0 Å². The molecule has 4 rings (SSSR count). The van der Waals surface area contributed by atoms with Crippen LogP contribution in [0.3, 0.4) is 0 Å². The fourth-order valence-corrected chi connectivity index (χ4v) is 5.26. The number of nitrogens with zero attached hydrogens (tertiary/aromatic N) is 2. The molecular formula is C21H17FN4O2S3. The summed E-state index contributed by atoms with van der Waals surface area (Å²) in [6.45, 7) is 1.97. The van der Waals surface area contributed by atoms with Crippen LogP contribution in [0.1, 0.15) is 17.5 Å². The number of rotatable bonds is 7. The topological polar surface area (TPSA) is 84.0 Å². The van der Waals surface area contributed by atoms with Gasteiger partial charge in [0.05, 0.1) is 29.2 Å². The molecule has 0 unspecified atom stereocenters. The van der Waals surface area contributed by atoms with Gasteiger partial charge in [0.2, 0.25) is 11.8 Å². The van der Waals surface area contributed by atoms with Crippen molar-refractivity contribution in [2.75, 3.05) is 5.32 Å². The number of nitrogens with one attached hydrogen (secondary N) is 2. The molecule has 0 radical (unpaired) electrons. The lowest BCUT2D eigenvalue weighted by Crippen LogP contribution is -2.17. The molecule has 4 aromatic rings. The lowest BCUT2D eigenvalue weighted by molar-refractivity contribution is -0.119. The molecule has 0 fully saturated rings. The van der Waals surface area contributed by atoms with E-state index in [2.05, 4.69) is 20.6 Å². The number of aromatic nitrogens is 2. The molecule has 0 aliphatic rings. The van der Waals surface area contributed by atoms with Gasteiger partial charge >= 0.3 is 0 Å². The van der Waals surface area contributed by atoms with Crippen LogP contribution in [0.15, 0.2) is 47.2 Å². The zero-order valence-corrected chi connectivity index (χ0v) is 18.8. The molecule has 0 aliphatic heterocycles. The number of benzene rings is 1. The van der Waals surface area contributed by atoms with Gasteiger partial charge in [0.1, 0.15) is 10.8 Å². The highest BCUT2D eigenvalue weighted by molar-refractivity contribution is 7.17. The average Bonchev–Trinajstić information content (AvgIpc) is 3.47. The average molecular weight is 473 g/mol. The summed E-state index contributed by atoms with van der Waals surface area (Å²) < 4.78 is 13.4. The van der Waals surface area contributed by atoms with Gasteiger partial charge in [0, 0.05) is 28.1 Å². The number of amides is 2. The molecular weight excluding hydrogens is 455 g/mol. The number of hydrogen-bond donors (Lipinski definition) is 2. The number of carbonyl (C=O) groups is 2. The first kappa shape index (κ1) is 21.3. The van der Waals surface area contributed by atoms with E-state index in [1.165, 1.54) is 41.7 Å². The van der Waals surface area contributed by atoms with Crippen LogP contribution in [0.4, 0.5) is 9.52 Å². The van der Waals surface area contributed by atoms with Crippen molar-refractivity contribution in [3.05, 3.63) is 63.5 Å². The number of hydrogen-bond acceptors (Lipinski definition) is 7. The van der Waals surface area contributed by atoms with Crippen molar-refractivity contribution in [3.63, 3.8) is 0 Å². The Balaban J connectivity index is 1.36. The van der Waals surface area contributed by atoms with E-state index < -0.39 is 0 Å². The van der Waals surface area contributed by atoms with Crippen LogP contribution in [0, 0.1) is 5.82 Å². The van der Waals surface area contributed by atoms with Crippen molar-refractivity contribution >= 4 is 51.0 Å². The molecule has 10 heteroatoms. The lowest BCUT2D eigenvalue weighted by Gasteiger charge is -1.99. The fraction of sp³-hybridized carbons (Fsp3) is 0.143. The number of anilines is 1. The molecule has 6 nitrogen and oxygen atoms in total. The highest BCUT2D eigenvalue weighted by Gasteiger charge is 2.13. The maximum absolute atomic E-state index is 13.4. The first-order valence-corrected chi connectivity index (χ1v) is 11.8. The summed E-state index contributed by atoms with van der Waals surface area (Å²) >= 11 is 4.27. The van der Waals surface area contributed by atoms with E-state index >= 15 is 0 Å². The van der Waals surface area contributed by atoms with Crippen LogP contribution >= 0.6 is 34.0 Å². The molecule has 0 saturated carbocycles. The van der Waals surface area contributed by atoms with E-state index in [1.807, 2.05) is 17.5 Å². The van der Waals surface area contributed by atoms with E-state index in [4.69, 9.17) is 0 Å². The quantitative estimate of drug-likeness (QED) is 0.399. The van der Waals surface area contributed by atoms with Crippen LogP contribution in [-0.2, 0) is 22.6 Å². The van der Waals surface area contributed by atoms with Gasteiger partial charge in [-0.25, -0.2) is 14.4 Å². The van der Waals surface area contributed by atoms with Crippen LogP contribution in [0.5, 0.6) is 0 Å². The van der Waals surface area contributed by atoms with E-state index in [-0.39, 0.29) is 24.1 Å². The minimum absolute atomic E-state index is 0.0724. The molecule has 0 atom stereocenters. The summed E-state index contributed by atoms with van der Waals surface area (Å²) in [6.07, 6.45) is 0.112.